The minimum absolute atomic E-state index is 0.105. The molecule has 4 rings (SSSR count). The molecule has 0 saturated heterocycles. The van der Waals surface area contributed by atoms with E-state index in [-0.39, 0.29) is 22.3 Å². The topological polar surface area (TPSA) is 62.5 Å². The summed E-state index contributed by atoms with van der Waals surface area (Å²) in [4.78, 5) is 12.1. The molecule has 31 heavy (non-hydrogen) atoms. The predicted molar refractivity (Wildman–Crippen MR) is 104 cm³/mol. The van der Waals surface area contributed by atoms with Crippen LogP contribution in [0.3, 0.4) is 0 Å². The molecule has 0 aliphatic carbocycles. The molecule has 1 heterocycles. The monoisotopic (exact) mass is 427 g/mol. The van der Waals surface area contributed by atoms with Crippen molar-refractivity contribution < 1.29 is 37.1 Å². The Bertz CT molecular complexity index is 1350. The number of aromatic nitrogens is 1. The molecule has 0 N–H and O–H groups in total. The van der Waals surface area contributed by atoms with E-state index in [4.69, 9.17) is 9.47 Å². The van der Waals surface area contributed by atoms with Crippen LogP contribution in [-0.4, -0.2) is 13.1 Å². The van der Waals surface area contributed by atoms with Crippen LogP contribution in [0.4, 0.5) is 13.2 Å². The van der Waals surface area contributed by atoms with Crippen molar-refractivity contribution in [3.05, 3.63) is 77.1 Å². The molecule has 8 heteroatoms. The first-order valence-electron chi connectivity index (χ1n) is 9.22. The molecule has 158 valence electrons. The maximum atomic E-state index is 14.0. The quantitative estimate of drug-likeness (QED) is 0.279. The summed E-state index contributed by atoms with van der Waals surface area (Å²) < 4.78 is 53.4. The fraction of sp³-hybridized carbons (Fsp3) is 0.130. The fourth-order valence-electron chi connectivity index (χ4n) is 3.61. The molecule has 0 amide bonds. The standard InChI is InChI=1S/C23H16F3NO4/c1-27-16-4-3-5-18(31-11-12-6-9-15(24)22(26)21(12)25)20(16)19(23(28)29)14-8-7-13(30-2)10-17(14)27/h3-10H,11H2,1-2H3. The summed E-state index contributed by atoms with van der Waals surface area (Å²) in [6.45, 7) is -0.432. The number of carboxylic acids is 1. The van der Waals surface area contributed by atoms with Crippen molar-refractivity contribution >= 4 is 27.8 Å². The van der Waals surface area contributed by atoms with Crippen molar-refractivity contribution in [3.63, 3.8) is 0 Å². The number of carboxylic acid groups (broad SMARTS) is 1. The number of aryl methyl sites for hydroxylation is 1. The Morgan fingerprint density at radius 3 is 2.52 bits per heavy atom. The Hall–Kier alpha value is -3.81. The molecule has 0 fully saturated rings. The van der Waals surface area contributed by atoms with Gasteiger partial charge in [-0.3, -0.25) is 0 Å². The molecular formula is C23H16F3NO4. The zero-order chi connectivity index (χ0) is 22.3. The summed E-state index contributed by atoms with van der Waals surface area (Å²) in [5, 5.41) is 12.7. The number of benzene rings is 3. The van der Waals surface area contributed by atoms with Gasteiger partial charge in [-0.05, 0) is 30.3 Å². The molecule has 0 radical (unpaired) electrons. The van der Waals surface area contributed by atoms with Gasteiger partial charge in [0.2, 0.25) is 11.0 Å². The molecular weight excluding hydrogens is 411 g/mol. The number of hydrogen-bond acceptors (Lipinski definition) is 4. The maximum absolute atomic E-state index is 14.0. The Labute approximate surface area is 174 Å². The number of rotatable bonds is 5. The summed E-state index contributed by atoms with van der Waals surface area (Å²) in [5.41, 5.74) is 0.797. The average molecular weight is 427 g/mol. The van der Waals surface area contributed by atoms with Crippen LogP contribution in [0, 0.1) is 17.5 Å². The van der Waals surface area contributed by atoms with Crippen molar-refractivity contribution in [2.24, 2.45) is 7.05 Å². The van der Waals surface area contributed by atoms with E-state index >= 15 is 0 Å². The van der Waals surface area contributed by atoms with Crippen LogP contribution in [-0.2, 0) is 13.7 Å². The summed E-state index contributed by atoms with van der Waals surface area (Å²) >= 11 is 0. The van der Waals surface area contributed by atoms with Gasteiger partial charge in [-0.1, -0.05) is 6.07 Å². The van der Waals surface area contributed by atoms with Gasteiger partial charge in [-0.2, -0.15) is 4.57 Å². The third-order valence-corrected chi connectivity index (χ3v) is 5.15. The second kappa shape index (κ2) is 7.79. The van der Waals surface area contributed by atoms with E-state index < -0.39 is 30.0 Å². The molecule has 0 atom stereocenters. The first-order valence-corrected chi connectivity index (χ1v) is 9.22. The lowest BCUT2D eigenvalue weighted by Gasteiger charge is -2.15. The third kappa shape index (κ3) is 3.39. The van der Waals surface area contributed by atoms with Crippen LogP contribution in [0.15, 0.2) is 48.5 Å². The smallest absolute Gasteiger partial charge is 0.217 e. The zero-order valence-corrected chi connectivity index (χ0v) is 16.5. The van der Waals surface area contributed by atoms with Crippen LogP contribution >= 0.6 is 0 Å². The summed E-state index contributed by atoms with van der Waals surface area (Å²) in [6.07, 6.45) is 0. The van der Waals surface area contributed by atoms with Gasteiger partial charge in [0.25, 0.3) is 0 Å². The maximum Gasteiger partial charge on any atom is 0.217 e. The summed E-state index contributed by atoms with van der Waals surface area (Å²) in [7, 11) is 3.26. The van der Waals surface area contributed by atoms with Crippen molar-refractivity contribution in [3.8, 4) is 11.5 Å². The largest absolute Gasteiger partial charge is 0.545 e. The number of nitrogens with zero attached hydrogens (tertiary/aromatic N) is 1. The predicted octanol–water partition coefficient (Wildman–Crippen LogP) is 3.19. The highest BCUT2D eigenvalue weighted by molar-refractivity contribution is 6.13. The number of ether oxygens (including phenoxy) is 2. The van der Waals surface area contributed by atoms with Crippen molar-refractivity contribution in [2.45, 2.75) is 6.61 Å². The van der Waals surface area contributed by atoms with E-state index in [2.05, 4.69) is 0 Å². The first kappa shape index (κ1) is 20.5. The molecule has 0 saturated carbocycles. The number of carbonyl (C=O) groups is 1. The van der Waals surface area contributed by atoms with Crippen molar-refractivity contribution in [2.75, 3.05) is 7.11 Å². The SMILES string of the molecule is COc1ccc2c(C(=O)[O-])c3c(OCc4ccc(F)c(F)c4F)cccc3[n+](C)c2c1. The second-order valence-corrected chi connectivity index (χ2v) is 6.88. The summed E-state index contributed by atoms with van der Waals surface area (Å²) in [5.74, 6) is -5.00. The number of aromatic carboxylic acids is 1. The van der Waals surface area contributed by atoms with Crippen molar-refractivity contribution in [1.29, 1.82) is 0 Å². The Balaban J connectivity index is 1.91. The van der Waals surface area contributed by atoms with Gasteiger partial charge in [0.15, 0.2) is 17.5 Å². The highest BCUT2D eigenvalue weighted by atomic mass is 19.2. The van der Waals surface area contributed by atoms with E-state index in [1.54, 1.807) is 41.9 Å². The molecule has 0 unspecified atom stereocenters. The van der Waals surface area contributed by atoms with Crippen LogP contribution in [0.1, 0.15) is 15.9 Å². The molecule has 0 aliphatic heterocycles. The molecule has 0 aliphatic rings. The molecule has 0 bridgehead atoms. The average Bonchev–Trinajstić information content (AvgIpc) is 2.77. The lowest BCUT2D eigenvalue weighted by molar-refractivity contribution is -0.617. The molecule has 5 nitrogen and oxygen atoms in total. The number of carbonyl (C=O) groups excluding carboxylic acids is 1. The minimum Gasteiger partial charge on any atom is -0.545 e. The molecule has 4 aromatic rings. The molecule has 0 spiro atoms. The Morgan fingerprint density at radius 2 is 1.81 bits per heavy atom. The van der Waals surface area contributed by atoms with Gasteiger partial charge in [0.1, 0.15) is 25.2 Å². The lowest BCUT2D eigenvalue weighted by atomic mass is 10.0. The van der Waals surface area contributed by atoms with E-state index in [1.807, 2.05) is 0 Å². The van der Waals surface area contributed by atoms with Gasteiger partial charge in [0, 0.05) is 17.2 Å². The number of fused-ring (bicyclic) bond motifs is 2. The Kier molecular flexibility index (Phi) is 5.14. The van der Waals surface area contributed by atoms with Crippen LogP contribution in [0.5, 0.6) is 11.5 Å². The van der Waals surface area contributed by atoms with Gasteiger partial charge in [-0.25, -0.2) is 13.2 Å². The third-order valence-electron chi connectivity index (χ3n) is 5.15. The van der Waals surface area contributed by atoms with Crippen LogP contribution in [0.25, 0.3) is 21.8 Å². The number of pyridine rings is 1. The minimum atomic E-state index is -1.60. The van der Waals surface area contributed by atoms with E-state index in [0.29, 0.717) is 22.2 Å². The number of hydrogen-bond donors (Lipinski definition) is 0. The number of methoxy groups -OCH3 is 1. The van der Waals surface area contributed by atoms with E-state index in [0.717, 1.165) is 12.1 Å². The van der Waals surface area contributed by atoms with Gasteiger partial charge < -0.3 is 19.4 Å². The van der Waals surface area contributed by atoms with E-state index in [1.165, 1.54) is 13.2 Å². The summed E-state index contributed by atoms with van der Waals surface area (Å²) in [6, 6.07) is 11.7. The second-order valence-electron chi connectivity index (χ2n) is 6.88. The van der Waals surface area contributed by atoms with Gasteiger partial charge in [-0.15, -0.1) is 0 Å². The van der Waals surface area contributed by atoms with Gasteiger partial charge in [0.05, 0.1) is 29.9 Å². The highest BCUT2D eigenvalue weighted by Crippen LogP contribution is 2.33. The van der Waals surface area contributed by atoms with Crippen LogP contribution in [0.2, 0.25) is 0 Å². The molecule has 1 aromatic heterocycles. The first-order chi connectivity index (χ1) is 14.8. The lowest BCUT2D eigenvalue weighted by Crippen LogP contribution is -2.33. The number of halogens is 3. The zero-order valence-electron chi connectivity index (χ0n) is 16.5. The van der Waals surface area contributed by atoms with Crippen LogP contribution < -0.4 is 19.1 Å². The van der Waals surface area contributed by atoms with Gasteiger partial charge >= 0.3 is 0 Å². The fourth-order valence-corrected chi connectivity index (χ4v) is 3.61. The normalized spacial score (nSPS) is 11.1. The van der Waals surface area contributed by atoms with Crippen molar-refractivity contribution in [1.82, 2.24) is 0 Å². The van der Waals surface area contributed by atoms with E-state index in [9.17, 15) is 23.1 Å². The Morgan fingerprint density at radius 1 is 1.03 bits per heavy atom. The molecule has 3 aromatic carbocycles. The highest BCUT2D eigenvalue weighted by Gasteiger charge is 2.23.